The van der Waals surface area contributed by atoms with Gasteiger partial charge in [-0.15, -0.1) is 12.6 Å². The van der Waals surface area contributed by atoms with Crippen molar-refractivity contribution >= 4 is 30.1 Å². The highest BCUT2D eigenvalue weighted by molar-refractivity contribution is 7.80. The summed E-state index contributed by atoms with van der Waals surface area (Å²) in [4.78, 5) is 17.5. The van der Waals surface area contributed by atoms with Crippen molar-refractivity contribution in [1.82, 2.24) is 15.1 Å². The monoisotopic (exact) mass is 313 g/mol. The lowest BCUT2D eigenvalue weighted by atomic mass is 10.1. The molecule has 1 saturated heterocycles. The number of benzene rings is 1. The fourth-order valence-electron chi connectivity index (χ4n) is 2.31. The highest BCUT2D eigenvalue weighted by Crippen LogP contribution is 2.19. The Balaban J connectivity index is 1.96. The fraction of sp³-hybridized carbons (Fsp3) is 0.500. The van der Waals surface area contributed by atoms with Gasteiger partial charge in [0.15, 0.2) is 0 Å². The number of carbonyl (C=O) groups excluding carboxylic acids is 1. The van der Waals surface area contributed by atoms with Crippen molar-refractivity contribution in [2.24, 2.45) is 0 Å². The molecule has 1 heterocycles. The van der Waals surface area contributed by atoms with E-state index in [2.05, 4.69) is 41.8 Å². The fourth-order valence-corrected chi connectivity index (χ4v) is 2.72. The van der Waals surface area contributed by atoms with Crippen LogP contribution < -0.4 is 5.32 Å². The number of likely N-dealkylation sites (N-methyl/N-ethyl adjacent to an activating group) is 2. The highest BCUT2D eigenvalue weighted by atomic mass is 35.5. The Bertz CT molecular complexity index is 497. The van der Waals surface area contributed by atoms with E-state index in [0.29, 0.717) is 23.2 Å². The van der Waals surface area contributed by atoms with E-state index >= 15 is 0 Å². The first-order valence-electron chi connectivity index (χ1n) is 6.63. The average molecular weight is 314 g/mol. The van der Waals surface area contributed by atoms with Crippen LogP contribution in [0.1, 0.15) is 10.4 Å². The summed E-state index contributed by atoms with van der Waals surface area (Å²) in [5, 5.41) is 3.42. The van der Waals surface area contributed by atoms with Crippen LogP contribution in [0.4, 0.5) is 0 Å². The predicted molar refractivity (Wildman–Crippen MR) is 85.0 cm³/mol. The molecule has 0 aromatic heterocycles. The number of nitrogens with one attached hydrogen (secondary N) is 1. The second-order valence-corrected chi connectivity index (χ2v) is 6.19. The minimum absolute atomic E-state index is 0.146. The smallest absolute Gasteiger partial charge is 0.252 e. The van der Waals surface area contributed by atoms with Crippen LogP contribution in [-0.2, 0) is 0 Å². The Kier molecular flexibility index (Phi) is 5.32. The molecule has 1 fully saturated rings. The zero-order valence-corrected chi connectivity index (χ0v) is 13.4. The highest BCUT2D eigenvalue weighted by Gasteiger charge is 2.22. The molecule has 1 atom stereocenters. The van der Waals surface area contributed by atoms with Crippen molar-refractivity contribution < 1.29 is 4.79 Å². The Morgan fingerprint density at radius 2 is 2.20 bits per heavy atom. The first-order chi connectivity index (χ1) is 9.47. The lowest BCUT2D eigenvalue weighted by Gasteiger charge is -2.37. The van der Waals surface area contributed by atoms with Crippen molar-refractivity contribution in [2.45, 2.75) is 10.9 Å². The number of piperazine rings is 1. The maximum absolute atomic E-state index is 12.2. The third-order valence-electron chi connectivity index (χ3n) is 3.67. The Hall–Kier alpha value is -0.750. The summed E-state index contributed by atoms with van der Waals surface area (Å²) in [5.41, 5.74) is 0.478. The quantitative estimate of drug-likeness (QED) is 0.832. The minimum Gasteiger partial charge on any atom is -0.350 e. The van der Waals surface area contributed by atoms with Gasteiger partial charge in [-0.3, -0.25) is 9.69 Å². The summed E-state index contributed by atoms with van der Waals surface area (Å²) in [6.07, 6.45) is 0. The zero-order valence-electron chi connectivity index (χ0n) is 11.8. The Labute approximate surface area is 130 Å². The maximum atomic E-state index is 12.2. The van der Waals surface area contributed by atoms with Crippen molar-refractivity contribution in [2.75, 3.05) is 40.3 Å². The van der Waals surface area contributed by atoms with Gasteiger partial charge in [0.25, 0.3) is 5.91 Å². The van der Waals surface area contributed by atoms with Crippen molar-refractivity contribution in [3.05, 3.63) is 28.8 Å². The lowest BCUT2D eigenvalue weighted by molar-refractivity contribution is 0.0881. The SMILES string of the molecule is CN1CCN(C)C(CNC(=O)c2cc(S)ccc2Cl)C1. The maximum Gasteiger partial charge on any atom is 0.252 e. The number of thiol groups is 1. The van der Waals surface area contributed by atoms with E-state index in [1.807, 2.05) is 0 Å². The molecule has 1 aliphatic heterocycles. The van der Waals surface area contributed by atoms with Crippen LogP contribution >= 0.6 is 24.2 Å². The molecule has 0 saturated carbocycles. The van der Waals surface area contributed by atoms with Gasteiger partial charge in [-0.05, 0) is 32.3 Å². The topological polar surface area (TPSA) is 35.6 Å². The predicted octanol–water partition coefficient (Wildman–Crippen LogP) is 1.60. The largest absolute Gasteiger partial charge is 0.350 e. The first kappa shape index (κ1) is 15.6. The van der Waals surface area contributed by atoms with Crippen LogP contribution in [0.15, 0.2) is 23.1 Å². The number of hydrogen-bond acceptors (Lipinski definition) is 4. The zero-order chi connectivity index (χ0) is 14.7. The molecule has 110 valence electrons. The molecule has 1 aromatic rings. The van der Waals surface area contributed by atoms with Crippen LogP contribution in [-0.4, -0.2) is 62.0 Å². The second kappa shape index (κ2) is 6.80. The number of nitrogens with zero attached hydrogens (tertiary/aromatic N) is 2. The second-order valence-electron chi connectivity index (χ2n) is 5.27. The Morgan fingerprint density at radius 1 is 1.45 bits per heavy atom. The molecule has 0 bridgehead atoms. The van der Waals surface area contributed by atoms with E-state index in [-0.39, 0.29) is 5.91 Å². The normalized spacial score (nSPS) is 20.9. The third-order valence-corrected chi connectivity index (χ3v) is 4.28. The van der Waals surface area contributed by atoms with E-state index in [9.17, 15) is 4.79 Å². The average Bonchev–Trinajstić information content (AvgIpc) is 2.42. The van der Waals surface area contributed by atoms with Crippen LogP contribution in [0.5, 0.6) is 0 Å². The van der Waals surface area contributed by atoms with E-state index in [1.165, 1.54) is 0 Å². The summed E-state index contributed by atoms with van der Waals surface area (Å²) < 4.78 is 0. The molecular weight excluding hydrogens is 294 g/mol. The Morgan fingerprint density at radius 3 is 2.95 bits per heavy atom. The summed E-state index contributed by atoms with van der Waals surface area (Å²) in [6, 6.07) is 5.48. The minimum atomic E-state index is -0.146. The van der Waals surface area contributed by atoms with Gasteiger partial charge in [0.2, 0.25) is 0 Å². The summed E-state index contributed by atoms with van der Waals surface area (Å²) in [6.45, 7) is 3.66. The molecule has 20 heavy (non-hydrogen) atoms. The van der Waals surface area contributed by atoms with Crippen molar-refractivity contribution in [1.29, 1.82) is 0 Å². The molecule has 1 aromatic carbocycles. The molecule has 1 N–H and O–H groups in total. The van der Waals surface area contributed by atoms with E-state index < -0.39 is 0 Å². The molecule has 0 aliphatic carbocycles. The van der Waals surface area contributed by atoms with Gasteiger partial charge in [-0.1, -0.05) is 11.6 Å². The molecule has 1 amide bonds. The molecule has 1 aliphatic rings. The molecule has 0 spiro atoms. The van der Waals surface area contributed by atoms with Gasteiger partial charge >= 0.3 is 0 Å². The summed E-state index contributed by atoms with van der Waals surface area (Å²) in [7, 11) is 4.19. The molecule has 6 heteroatoms. The molecule has 0 radical (unpaired) electrons. The van der Waals surface area contributed by atoms with Crippen LogP contribution in [0.25, 0.3) is 0 Å². The molecule has 4 nitrogen and oxygen atoms in total. The van der Waals surface area contributed by atoms with Gasteiger partial charge < -0.3 is 10.2 Å². The van der Waals surface area contributed by atoms with E-state index in [0.717, 1.165) is 24.5 Å². The summed E-state index contributed by atoms with van der Waals surface area (Å²) in [5.74, 6) is -0.146. The number of hydrogen-bond donors (Lipinski definition) is 2. The van der Waals surface area contributed by atoms with Crippen LogP contribution in [0, 0.1) is 0 Å². The van der Waals surface area contributed by atoms with E-state index in [1.54, 1.807) is 18.2 Å². The van der Waals surface area contributed by atoms with Crippen molar-refractivity contribution in [3.8, 4) is 0 Å². The van der Waals surface area contributed by atoms with Crippen molar-refractivity contribution in [3.63, 3.8) is 0 Å². The van der Waals surface area contributed by atoms with E-state index in [4.69, 9.17) is 11.6 Å². The molecular formula is C14H20ClN3OS. The van der Waals surface area contributed by atoms with Gasteiger partial charge in [0.1, 0.15) is 0 Å². The standard InChI is InChI=1S/C14H20ClN3OS/c1-17-5-6-18(2)10(9-17)8-16-14(19)12-7-11(20)3-4-13(12)15/h3-4,7,10,20H,5-6,8-9H2,1-2H3,(H,16,19). The van der Waals surface area contributed by atoms with Crippen LogP contribution in [0.2, 0.25) is 5.02 Å². The number of rotatable bonds is 3. The van der Waals surface area contributed by atoms with Gasteiger partial charge in [0.05, 0.1) is 10.6 Å². The van der Waals surface area contributed by atoms with Gasteiger partial charge in [-0.2, -0.15) is 0 Å². The molecule has 2 rings (SSSR count). The molecule has 1 unspecified atom stereocenters. The third kappa shape index (κ3) is 3.88. The number of amides is 1. The number of halogens is 1. The first-order valence-corrected chi connectivity index (χ1v) is 7.45. The number of carbonyl (C=O) groups is 1. The summed E-state index contributed by atoms with van der Waals surface area (Å²) >= 11 is 10.3. The lowest BCUT2D eigenvalue weighted by Crippen LogP contribution is -2.54. The van der Waals surface area contributed by atoms with Gasteiger partial charge in [0, 0.05) is 37.1 Å². The van der Waals surface area contributed by atoms with Crippen LogP contribution in [0.3, 0.4) is 0 Å². The van der Waals surface area contributed by atoms with Gasteiger partial charge in [-0.25, -0.2) is 0 Å².